The molecule has 0 spiro atoms. The van der Waals surface area contributed by atoms with Crippen LogP contribution in [-0.4, -0.2) is 197 Å². The number of thiol groups is 2. The molecule has 5 saturated carbocycles. The molecule has 3 aromatic carbocycles. The van der Waals surface area contributed by atoms with Crippen molar-refractivity contribution in [3.8, 4) is 17.2 Å². The Morgan fingerprint density at radius 3 is 1.36 bits per heavy atom. The molecule has 3 amide bonds. The van der Waals surface area contributed by atoms with E-state index in [1.165, 1.54) is 31.1 Å². The van der Waals surface area contributed by atoms with Gasteiger partial charge in [-0.15, -0.1) is 9.24 Å². The maximum Gasteiger partial charge on any atom is 0.343 e. The molecule has 8 aliphatic carbocycles. The second-order valence-electron chi connectivity index (χ2n) is 39.5. The molecule has 3 aromatic rings. The molecule has 13 N–H and O–H groups in total. The van der Waals surface area contributed by atoms with Crippen LogP contribution in [-0.2, 0) is 95.9 Å². The third-order valence-corrected chi connectivity index (χ3v) is 31.0. The predicted molar refractivity (Wildman–Crippen MR) is 535 cm³/mol. The fourth-order valence-corrected chi connectivity index (χ4v) is 23.5. The molecule has 11 rings (SSSR count). The van der Waals surface area contributed by atoms with Gasteiger partial charge in [0, 0.05) is 27.4 Å². The number of amides is 3. The Balaban J connectivity index is 0.000000256. The largest absolute Gasteiger partial charge is 0.482 e. The lowest BCUT2D eigenvalue weighted by molar-refractivity contribution is -0.162. The van der Waals surface area contributed by atoms with Crippen molar-refractivity contribution in [3.63, 3.8) is 0 Å². The van der Waals surface area contributed by atoms with E-state index in [-0.39, 0.29) is 134 Å². The van der Waals surface area contributed by atoms with E-state index >= 15 is 0 Å². The zero-order valence-corrected chi connectivity index (χ0v) is 84.4. The van der Waals surface area contributed by atoms with Gasteiger partial charge in [0.2, 0.25) is 17.7 Å². The van der Waals surface area contributed by atoms with Crippen molar-refractivity contribution in [2.45, 2.75) is 358 Å². The molecule has 26 nitrogen and oxygen atoms in total. The number of aliphatic hydroxyl groups excluding tert-OH is 4. The van der Waals surface area contributed by atoms with Gasteiger partial charge in [0.15, 0.2) is 25.6 Å². The highest BCUT2D eigenvalue weighted by Crippen LogP contribution is 2.53. The first-order chi connectivity index (χ1) is 65.8. The smallest absolute Gasteiger partial charge is 0.343 e. The molecule has 0 bridgehead atoms. The molecule has 760 valence electrons. The summed E-state index contributed by atoms with van der Waals surface area (Å²) in [6.07, 6.45) is 36.1. The highest BCUT2D eigenvalue weighted by atomic mass is 32.1. The van der Waals surface area contributed by atoms with E-state index in [0.29, 0.717) is 101 Å². The minimum atomic E-state index is -1.03. The normalized spacial score (nSPS) is 25.1. The molecule has 135 heavy (non-hydrogen) atoms. The number of carboxylic acid groups (broad SMARTS) is 2. The van der Waals surface area contributed by atoms with Crippen molar-refractivity contribution < 1.29 is 104 Å². The number of carbonyl (C=O) groups excluding carboxylic acids is 7. The summed E-state index contributed by atoms with van der Waals surface area (Å²) in [6.45, 7) is 6.51. The number of methoxy groups -OCH3 is 1. The van der Waals surface area contributed by atoms with Crippen LogP contribution in [0.4, 0.5) is 0 Å². The third kappa shape index (κ3) is 35.8. The highest BCUT2D eigenvalue weighted by Gasteiger charge is 2.51. The number of aliphatic hydroxyl groups is 4. The number of esters is 3. The Bertz CT molecular complexity index is 4120. The summed E-state index contributed by atoms with van der Waals surface area (Å²) in [6, 6.07) is 16.0. The second kappa shape index (κ2) is 61.8. The van der Waals surface area contributed by atoms with E-state index in [2.05, 4.69) is 94.2 Å². The summed E-state index contributed by atoms with van der Waals surface area (Å²) in [5, 5.41) is 70.1. The number of ether oxygens (including phenoxy) is 6. The number of carboxylic acids is 2. The van der Waals surface area contributed by atoms with E-state index in [0.717, 1.165) is 251 Å². The first kappa shape index (κ1) is 112. The van der Waals surface area contributed by atoms with Crippen molar-refractivity contribution >= 4 is 87.8 Å². The van der Waals surface area contributed by atoms with Crippen LogP contribution in [0.25, 0.3) is 0 Å². The molecule has 0 saturated heterocycles. The van der Waals surface area contributed by atoms with Gasteiger partial charge in [-0.3, -0.25) is 28.8 Å². The van der Waals surface area contributed by atoms with Crippen LogP contribution >= 0.6 is 34.5 Å². The van der Waals surface area contributed by atoms with E-state index in [4.69, 9.17) is 41.6 Å². The first-order valence-electron chi connectivity index (χ1n) is 52.3. The molecule has 0 radical (unpaired) electrons. The van der Waals surface area contributed by atoms with Gasteiger partial charge in [0.1, 0.15) is 35.5 Å². The fourth-order valence-electron chi connectivity index (χ4n) is 23.0. The predicted octanol–water partition coefficient (Wildman–Crippen LogP) is 15.4. The number of nitrogens with one attached hydrogen (secondary N) is 3. The Morgan fingerprint density at radius 1 is 0.489 bits per heavy atom. The van der Waals surface area contributed by atoms with E-state index in [9.17, 15) is 68.7 Å². The number of Topliss-reactive ketones (excluding diaryl/α,β-unsaturated/α-hetero) is 1. The van der Waals surface area contributed by atoms with Gasteiger partial charge in [-0.25, -0.2) is 14.4 Å². The molecule has 0 aliphatic heterocycles. The zero-order chi connectivity index (χ0) is 98.4. The quantitative estimate of drug-likeness (QED) is 0.00820. The van der Waals surface area contributed by atoms with Gasteiger partial charge in [-0.1, -0.05) is 173 Å². The van der Waals surface area contributed by atoms with E-state index in [1.807, 2.05) is 36.4 Å². The lowest BCUT2D eigenvalue weighted by Crippen LogP contribution is -2.53. The summed E-state index contributed by atoms with van der Waals surface area (Å²) in [5.41, 5.74) is 18.6. The number of aliphatic carboxylic acids is 2. The summed E-state index contributed by atoms with van der Waals surface area (Å²) in [4.78, 5) is 115. The zero-order valence-electron chi connectivity index (χ0n) is 82.4. The first-order valence-corrected chi connectivity index (χ1v) is 53.7. The van der Waals surface area contributed by atoms with Crippen LogP contribution in [0.3, 0.4) is 0 Å². The molecular weight excluding hydrogens is 1770 g/mol. The van der Waals surface area contributed by atoms with Crippen molar-refractivity contribution in [1.29, 1.82) is 0 Å². The third-order valence-electron chi connectivity index (χ3n) is 30.3. The maximum atomic E-state index is 14.1. The second-order valence-corrected chi connectivity index (χ2v) is 40.4. The number of fused-ring (bicyclic) bond motifs is 6. The number of unbranched alkanes of at least 4 members (excludes halogenated alkanes) is 13. The average Bonchev–Trinajstić information content (AvgIpc) is 1.61. The number of rotatable bonds is 55. The molecule has 8 aliphatic rings. The monoisotopic (exact) mass is 1940 g/mol. The van der Waals surface area contributed by atoms with Crippen LogP contribution in [0.15, 0.2) is 54.6 Å². The highest BCUT2D eigenvalue weighted by molar-refractivity contribution is 7.80. The topological polar surface area (TPSA) is 419 Å². The number of carbonyl (C=O) groups is 9. The van der Waals surface area contributed by atoms with Gasteiger partial charge >= 0.3 is 29.8 Å². The molecule has 29 heteroatoms. The van der Waals surface area contributed by atoms with Crippen LogP contribution < -0.4 is 41.6 Å². The fraction of sp³-hybridized carbons (Fsp3) is 0.745. The van der Waals surface area contributed by atoms with Crippen LogP contribution in [0.1, 0.15) is 306 Å². The van der Waals surface area contributed by atoms with Crippen molar-refractivity contribution in [3.05, 3.63) is 88.0 Å². The Kier molecular flexibility index (Phi) is 51.3. The number of hydrogen-bond acceptors (Lipinski definition) is 23. The Labute approximate surface area is 819 Å². The molecule has 3 unspecified atom stereocenters. The molecular formula is C106H168N5O21PS2. The summed E-state index contributed by atoms with van der Waals surface area (Å²) in [5.74, 6) is -0.489. The van der Waals surface area contributed by atoms with E-state index < -0.39 is 66.5 Å². The maximum absolute atomic E-state index is 14.1. The van der Waals surface area contributed by atoms with Crippen molar-refractivity contribution in [2.75, 3.05) is 64.7 Å². The van der Waals surface area contributed by atoms with Crippen LogP contribution in [0, 0.1) is 76.9 Å². The molecule has 22 atom stereocenters. The summed E-state index contributed by atoms with van der Waals surface area (Å²) in [7, 11) is 3.60. The number of ketones is 1. The lowest BCUT2D eigenvalue weighted by atomic mass is 9.73. The minimum absolute atomic E-state index is 0.0334. The van der Waals surface area contributed by atoms with Gasteiger partial charge in [-0.05, 0) is 290 Å². The average molecular weight is 1950 g/mol. The standard InChI is InChI=1S/C41H64N2O8S.C40H63N3O8S.C24H36O5.CH5P/c1-2-3-7-14-29(19-20-30-33-22-27-13-12-18-38(50-26-39(46)47)34(27)23-28(33)24-37(30)45)51-41(49)32-16-10-9-15-31(32)40(48)43-35(25-42)36(44)17-8-5-4-6-11-21-52;1-2-3-6-13-28(44)17-18-29-32-21-26-12-11-16-35(50-25-37(45)46)33(26)22-27(32)23-36(29)51-40(49)31-15-8-7-14-30(31)38(47)43-34(24-41)39(48)42-19-9-4-5-10-20-52;1-3-4-5-8-18(25)10-11-19-20-12-16-7-6-9-23(29-15-24(27)28-2)21(16)13-17(20)14-22(19)26;1-2/h12-13,18,28-33,35,37,45,52H,2-11,14-17,19-26,42H2,1H3,(H,43,48)(H,46,47);11-12,16,27-32,34,36,44,52H,2-10,13-15,17-25,41H2,1H3,(H,42,48)(H,43,47)(H,45,46);6-7,9,17-20,22,25-26H,3-5,8,10-15H2,1-2H3;2H2,1H3/t28-,29-,30+,31-,32+,33-,35?,37+;27-,28-,29+,30-,31+,32-,34?,36+;17-,18-,19+,20-,22+;/m000./s1/i;;;1T. The van der Waals surface area contributed by atoms with E-state index in [1.54, 1.807) is 0 Å². The van der Waals surface area contributed by atoms with Gasteiger partial charge in [0.05, 0.1) is 61.2 Å². The van der Waals surface area contributed by atoms with Crippen molar-refractivity contribution in [1.82, 2.24) is 16.0 Å². The van der Waals surface area contributed by atoms with Gasteiger partial charge in [-0.2, -0.15) is 25.3 Å². The van der Waals surface area contributed by atoms with Crippen LogP contribution in [0.5, 0.6) is 17.2 Å². The molecule has 5 fully saturated rings. The Hall–Kier alpha value is -6.62. The number of hydrogen-bond donors (Lipinski definition) is 13. The van der Waals surface area contributed by atoms with Gasteiger partial charge < -0.3 is 86.5 Å². The minimum Gasteiger partial charge on any atom is -0.482 e. The molecule has 0 heterocycles. The molecule has 0 aromatic heterocycles. The number of benzene rings is 3. The SMILES string of the molecule is CCCCC[C@@H](CC[C@@H]1[C@H]2Cc3cccc(OCC(=O)O)c3C[C@H]2C[C@H]1O)OC(=O)[C@@H]1CCCC[C@@H]1C(=O)NC(CN)C(=O)CCCCCCCS.CCCCC[C@H](O)CC[C@@H]1[C@H]2Cc3cccc(OCC(=O)O)c3C[C@H]2C[C@H]1OC(=O)[C@@H]1CCCC[C@@H]1C(=O)NC(CN)C(=O)NCCCCCCS.CCCCC[C@H](O)CC[C@@H]1[C@H]2Cc3cccc(OCC(=O)OC)c3C[C@H]2C[C@H]1O.[3H]CP. The number of nitrogens with two attached hydrogens (primary N) is 2. The van der Waals surface area contributed by atoms with Gasteiger partial charge in [0.25, 0.3) is 0 Å². The summed E-state index contributed by atoms with van der Waals surface area (Å²) >= 11 is 8.48. The Morgan fingerprint density at radius 2 is 0.896 bits per heavy atom. The summed E-state index contributed by atoms with van der Waals surface area (Å²) < 4.78 is 40.5. The van der Waals surface area contributed by atoms with Crippen molar-refractivity contribution in [2.24, 2.45) is 88.4 Å². The lowest BCUT2D eigenvalue weighted by Gasteiger charge is -2.34. The van der Waals surface area contributed by atoms with Crippen LogP contribution in [0.2, 0.25) is 0 Å².